The van der Waals surface area contributed by atoms with Crippen molar-refractivity contribution < 1.29 is 9.13 Å². The smallest absolute Gasteiger partial charge is 0.172 e. The van der Waals surface area contributed by atoms with Crippen molar-refractivity contribution >= 4 is 27.8 Å². The van der Waals surface area contributed by atoms with Crippen LogP contribution in [0.2, 0.25) is 0 Å². The molecule has 3 heterocycles. The number of ether oxygens (including phenoxy) is 1. The number of nitrogens with zero attached hydrogens (tertiary/aromatic N) is 5. The SMILES string of the molecule is C=CCOc1cc2ccn(-c3nn(C4Cc5ccccc5C4)c4ncnc(N)c34)c2cc1F. The van der Waals surface area contributed by atoms with E-state index in [-0.39, 0.29) is 18.4 Å². The molecule has 1 aliphatic rings. The summed E-state index contributed by atoms with van der Waals surface area (Å²) in [7, 11) is 0. The summed E-state index contributed by atoms with van der Waals surface area (Å²) >= 11 is 0. The zero-order valence-electron chi connectivity index (χ0n) is 17.8. The molecule has 0 radical (unpaired) electrons. The maximum absolute atomic E-state index is 14.8. The van der Waals surface area contributed by atoms with Crippen molar-refractivity contribution in [2.24, 2.45) is 0 Å². The van der Waals surface area contributed by atoms with Crippen molar-refractivity contribution in [3.63, 3.8) is 0 Å². The number of fused-ring (bicyclic) bond motifs is 3. The summed E-state index contributed by atoms with van der Waals surface area (Å²) in [6.07, 6.45) is 6.61. The van der Waals surface area contributed by atoms with Crippen molar-refractivity contribution in [1.82, 2.24) is 24.3 Å². The number of nitrogen functional groups attached to an aromatic ring is 1. The lowest BCUT2D eigenvalue weighted by Gasteiger charge is -2.10. The van der Waals surface area contributed by atoms with Crippen LogP contribution < -0.4 is 10.5 Å². The molecule has 0 fully saturated rings. The van der Waals surface area contributed by atoms with Crippen LogP contribution in [0.5, 0.6) is 5.75 Å². The fraction of sp³-hybridized carbons (Fsp3) is 0.160. The Morgan fingerprint density at radius 1 is 1.15 bits per heavy atom. The summed E-state index contributed by atoms with van der Waals surface area (Å²) in [6, 6.07) is 13.6. The normalized spacial score (nSPS) is 13.6. The topological polar surface area (TPSA) is 83.8 Å². The third-order valence-corrected chi connectivity index (χ3v) is 6.20. The zero-order chi connectivity index (χ0) is 22.5. The van der Waals surface area contributed by atoms with Gasteiger partial charge in [0.25, 0.3) is 0 Å². The first kappa shape index (κ1) is 19.5. The third-order valence-electron chi connectivity index (χ3n) is 6.20. The fourth-order valence-electron chi connectivity index (χ4n) is 4.69. The fourth-order valence-corrected chi connectivity index (χ4v) is 4.69. The van der Waals surface area contributed by atoms with Gasteiger partial charge in [0.05, 0.1) is 11.6 Å². The van der Waals surface area contributed by atoms with E-state index >= 15 is 0 Å². The van der Waals surface area contributed by atoms with Gasteiger partial charge in [0.2, 0.25) is 0 Å². The van der Waals surface area contributed by atoms with Crippen LogP contribution in [0.25, 0.3) is 27.8 Å². The summed E-state index contributed by atoms with van der Waals surface area (Å²) in [4.78, 5) is 8.72. The standard InChI is InChI=1S/C25H21FN6O/c1-2-9-33-21-12-17-7-8-31(20(17)13-19(21)26)25-22-23(27)28-14-29-24(22)32(30-25)18-10-15-5-3-4-6-16(15)11-18/h2-8,12-14,18H,1,9-11H2,(H2,27,28,29). The van der Waals surface area contributed by atoms with Gasteiger partial charge in [-0.3, -0.25) is 4.57 Å². The second-order valence-electron chi connectivity index (χ2n) is 8.18. The molecular weight excluding hydrogens is 419 g/mol. The maximum atomic E-state index is 14.8. The second kappa shape index (κ2) is 7.44. The molecule has 5 aromatic rings. The Kier molecular flexibility index (Phi) is 4.39. The number of hydrogen-bond donors (Lipinski definition) is 1. The minimum Gasteiger partial charge on any atom is -0.486 e. The first-order valence-corrected chi connectivity index (χ1v) is 10.7. The van der Waals surface area contributed by atoms with Crippen molar-refractivity contribution in [3.8, 4) is 11.6 Å². The molecule has 0 aliphatic heterocycles. The lowest BCUT2D eigenvalue weighted by atomic mass is 10.1. The van der Waals surface area contributed by atoms with Gasteiger partial charge in [-0.25, -0.2) is 19.0 Å². The minimum atomic E-state index is -0.455. The van der Waals surface area contributed by atoms with E-state index in [0.717, 1.165) is 18.2 Å². The van der Waals surface area contributed by atoms with Gasteiger partial charge in [0, 0.05) is 17.6 Å². The molecule has 33 heavy (non-hydrogen) atoms. The first-order valence-electron chi connectivity index (χ1n) is 10.7. The molecule has 7 nitrogen and oxygen atoms in total. The third kappa shape index (κ3) is 3.06. The van der Waals surface area contributed by atoms with Crippen molar-refractivity contribution in [2.45, 2.75) is 18.9 Å². The van der Waals surface area contributed by atoms with Crippen LogP contribution in [0, 0.1) is 5.82 Å². The van der Waals surface area contributed by atoms with E-state index in [1.807, 2.05) is 21.5 Å². The number of anilines is 1. The Bertz CT molecular complexity index is 1510. The Balaban J connectivity index is 1.50. The highest BCUT2D eigenvalue weighted by molar-refractivity contribution is 5.95. The Labute approximate surface area is 188 Å². The lowest BCUT2D eigenvalue weighted by molar-refractivity contribution is 0.342. The molecular formula is C25H21FN6O. The molecule has 0 saturated heterocycles. The molecule has 0 spiro atoms. The van der Waals surface area contributed by atoms with Crippen molar-refractivity contribution in [1.29, 1.82) is 0 Å². The first-order chi connectivity index (χ1) is 16.1. The quantitative estimate of drug-likeness (QED) is 0.410. The van der Waals surface area contributed by atoms with Gasteiger partial charge >= 0.3 is 0 Å². The van der Waals surface area contributed by atoms with E-state index < -0.39 is 5.82 Å². The van der Waals surface area contributed by atoms with E-state index in [2.05, 4.69) is 40.8 Å². The molecule has 2 N–H and O–H groups in total. The average molecular weight is 440 g/mol. The van der Waals surface area contributed by atoms with Crippen LogP contribution in [0.15, 0.2) is 67.6 Å². The summed E-state index contributed by atoms with van der Waals surface area (Å²) in [6.45, 7) is 3.84. The number of nitrogens with two attached hydrogens (primary N) is 1. The predicted octanol–water partition coefficient (Wildman–Crippen LogP) is 4.40. The molecule has 0 saturated carbocycles. The predicted molar refractivity (Wildman–Crippen MR) is 125 cm³/mol. The van der Waals surface area contributed by atoms with E-state index in [9.17, 15) is 4.39 Å². The molecule has 0 atom stereocenters. The minimum absolute atomic E-state index is 0.116. The molecule has 6 rings (SSSR count). The van der Waals surface area contributed by atoms with Crippen LogP contribution in [-0.4, -0.2) is 30.9 Å². The van der Waals surface area contributed by atoms with Crippen LogP contribution in [0.1, 0.15) is 17.2 Å². The number of hydrogen-bond acceptors (Lipinski definition) is 5. The van der Waals surface area contributed by atoms with Crippen LogP contribution in [0.3, 0.4) is 0 Å². The van der Waals surface area contributed by atoms with Gasteiger partial charge in [-0.1, -0.05) is 36.9 Å². The van der Waals surface area contributed by atoms with Crippen molar-refractivity contribution in [2.75, 3.05) is 12.3 Å². The summed E-state index contributed by atoms with van der Waals surface area (Å²) in [5, 5.41) is 6.41. The number of halogens is 1. The molecule has 8 heteroatoms. The van der Waals surface area contributed by atoms with E-state index in [1.54, 1.807) is 12.1 Å². The Morgan fingerprint density at radius 2 is 1.94 bits per heavy atom. The van der Waals surface area contributed by atoms with Crippen LogP contribution in [0.4, 0.5) is 10.2 Å². The van der Waals surface area contributed by atoms with Gasteiger partial charge < -0.3 is 10.5 Å². The summed E-state index contributed by atoms with van der Waals surface area (Å²) < 4.78 is 24.0. The molecule has 164 valence electrons. The lowest BCUT2D eigenvalue weighted by Crippen LogP contribution is -2.12. The maximum Gasteiger partial charge on any atom is 0.172 e. The van der Waals surface area contributed by atoms with Gasteiger partial charge in [-0.2, -0.15) is 5.10 Å². The largest absolute Gasteiger partial charge is 0.486 e. The number of rotatable bonds is 5. The Morgan fingerprint density at radius 3 is 2.70 bits per heavy atom. The number of benzene rings is 2. The highest BCUT2D eigenvalue weighted by Gasteiger charge is 2.28. The van der Waals surface area contributed by atoms with E-state index in [1.165, 1.54) is 23.5 Å². The molecule has 2 aromatic carbocycles. The van der Waals surface area contributed by atoms with E-state index in [0.29, 0.717) is 28.2 Å². The van der Waals surface area contributed by atoms with Gasteiger partial charge in [-0.15, -0.1) is 0 Å². The molecule has 0 unspecified atom stereocenters. The molecule has 0 amide bonds. The van der Waals surface area contributed by atoms with E-state index in [4.69, 9.17) is 15.6 Å². The zero-order valence-corrected chi connectivity index (χ0v) is 17.8. The molecule has 0 bridgehead atoms. The highest BCUT2D eigenvalue weighted by Crippen LogP contribution is 2.36. The van der Waals surface area contributed by atoms with Gasteiger partial charge in [-0.05, 0) is 36.1 Å². The monoisotopic (exact) mass is 440 g/mol. The number of aromatic nitrogens is 5. The Hall–Kier alpha value is -4.20. The average Bonchev–Trinajstić information content (AvgIpc) is 3.52. The van der Waals surface area contributed by atoms with Gasteiger partial charge in [0.15, 0.2) is 23.0 Å². The second-order valence-corrected chi connectivity index (χ2v) is 8.18. The van der Waals surface area contributed by atoms with Gasteiger partial charge in [0.1, 0.15) is 24.1 Å². The molecule has 1 aliphatic carbocycles. The van der Waals surface area contributed by atoms with Crippen LogP contribution >= 0.6 is 0 Å². The summed E-state index contributed by atoms with van der Waals surface area (Å²) in [5.41, 5.74) is 10.2. The van der Waals surface area contributed by atoms with Crippen molar-refractivity contribution in [3.05, 3.63) is 84.6 Å². The highest BCUT2D eigenvalue weighted by atomic mass is 19.1. The molecule has 3 aromatic heterocycles. The van der Waals surface area contributed by atoms with Crippen LogP contribution in [-0.2, 0) is 12.8 Å². The summed E-state index contributed by atoms with van der Waals surface area (Å²) in [5.74, 6) is 0.642.